The van der Waals surface area contributed by atoms with E-state index < -0.39 is 0 Å². The Labute approximate surface area is 137 Å². The summed E-state index contributed by atoms with van der Waals surface area (Å²) in [5, 5.41) is 3.58. The summed E-state index contributed by atoms with van der Waals surface area (Å²) in [5.74, 6) is 2.13. The molecule has 0 saturated carbocycles. The van der Waals surface area contributed by atoms with E-state index in [1.165, 1.54) is 17.7 Å². The molecule has 2 fully saturated rings. The molecule has 4 rings (SSSR count). The number of methoxy groups -OCH3 is 1. The number of pyridine rings is 1. The van der Waals surface area contributed by atoms with Crippen LogP contribution in [-0.4, -0.2) is 37.8 Å². The average Bonchev–Trinajstić information content (AvgIpc) is 3.02. The highest BCUT2D eigenvalue weighted by Crippen LogP contribution is 2.42. The second-order valence-electron chi connectivity index (χ2n) is 6.47. The molecule has 0 amide bonds. The molecule has 120 valence electrons. The quantitative estimate of drug-likeness (QED) is 0.946. The molecule has 3 atom stereocenters. The Morgan fingerprint density at radius 1 is 1.22 bits per heavy atom. The van der Waals surface area contributed by atoms with Crippen LogP contribution in [0.4, 0.5) is 5.69 Å². The summed E-state index contributed by atoms with van der Waals surface area (Å²) in [4.78, 5) is 6.88. The molecular weight excluding hydrogens is 286 g/mol. The van der Waals surface area contributed by atoms with E-state index in [1.807, 2.05) is 18.5 Å². The summed E-state index contributed by atoms with van der Waals surface area (Å²) in [6, 6.07) is 13.4. The predicted octanol–water partition coefficient (Wildman–Crippen LogP) is 2.67. The maximum Gasteiger partial charge on any atom is 0.118 e. The molecule has 23 heavy (non-hydrogen) atoms. The topological polar surface area (TPSA) is 37.4 Å². The molecule has 0 unspecified atom stereocenters. The third-order valence-corrected chi connectivity index (χ3v) is 5.32. The molecule has 0 radical (unpaired) electrons. The summed E-state index contributed by atoms with van der Waals surface area (Å²) in [5.41, 5.74) is 2.66. The van der Waals surface area contributed by atoms with Gasteiger partial charge >= 0.3 is 0 Å². The maximum atomic E-state index is 5.30. The van der Waals surface area contributed by atoms with Gasteiger partial charge in [0, 0.05) is 37.2 Å². The minimum Gasteiger partial charge on any atom is -0.497 e. The zero-order valence-corrected chi connectivity index (χ0v) is 13.5. The largest absolute Gasteiger partial charge is 0.497 e. The van der Waals surface area contributed by atoms with Crippen molar-refractivity contribution >= 4 is 5.69 Å². The molecule has 2 aliphatic heterocycles. The molecule has 0 bridgehead atoms. The van der Waals surface area contributed by atoms with Crippen LogP contribution < -0.4 is 15.0 Å². The van der Waals surface area contributed by atoms with E-state index in [1.54, 1.807) is 7.11 Å². The monoisotopic (exact) mass is 309 g/mol. The van der Waals surface area contributed by atoms with E-state index in [0.29, 0.717) is 17.9 Å². The lowest BCUT2D eigenvalue weighted by atomic mass is 9.82. The van der Waals surface area contributed by atoms with Crippen molar-refractivity contribution in [3.05, 3.63) is 54.4 Å². The Bertz CT molecular complexity index is 643. The van der Waals surface area contributed by atoms with Gasteiger partial charge in [0.2, 0.25) is 0 Å². The molecule has 2 saturated heterocycles. The van der Waals surface area contributed by atoms with Crippen LogP contribution in [0.3, 0.4) is 0 Å². The van der Waals surface area contributed by atoms with Gasteiger partial charge in [-0.05, 0) is 42.8 Å². The molecule has 2 aliphatic rings. The van der Waals surface area contributed by atoms with Crippen LogP contribution >= 0.6 is 0 Å². The van der Waals surface area contributed by atoms with E-state index >= 15 is 0 Å². The number of nitrogens with one attached hydrogen (secondary N) is 1. The zero-order chi connectivity index (χ0) is 15.6. The number of nitrogens with zero attached hydrogens (tertiary/aromatic N) is 2. The van der Waals surface area contributed by atoms with E-state index in [4.69, 9.17) is 4.74 Å². The zero-order valence-electron chi connectivity index (χ0n) is 13.5. The molecule has 2 aromatic rings. The van der Waals surface area contributed by atoms with Gasteiger partial charge in [-0.15, -0.1) is 0 Å². The minimum absolute atomic E-state index is 0.555. The third-order valence-electron chi connectivity index (χ3n) is 5.32. The van der Waals surface area contributed by atoms with Crippen LogP contribution in [-0.2, 0) is 0 Å². The SMILES string of the molecule is COc1ccc([C@H]2CN(c3cccnc3)[C@@H]3CCNC[C@H]23)cc1. The molecule has 4 nitrogen and oxygen atoms in total. The lowest BCUT2D eigenvalue weighted by Gasteiger charge is -2.34. The van der Waals surface area contributed by atoms with Crippen molar-refractivity contribution in [3.8, 4) is 5.75 Å². The van der Waals surface area contributed by atoms with Gasteiger partial charge < -0.3 is 15.0 Å². The number of hydrogen-bond donors (Lipinski definition) is 1. The highest BCUT2D eigenvalue weighted by atomic mass is 16.5. The first-order valence-corrected chi connectivity index (χ1v) is 8.38. The van der Waals surface area contributed by atoms with Crippen LogP contribution in [0.15, 0.2) is 48.8 Å². The normalized spacial score (nSPS) is 26.8. The fourth-order valence-electron chi connectivity index (χ4n) is 4.17. The van der Waals surface area contributed by atoms with Gasteiger partial charge in [0.25, 0.3) is 0 Å². The Hall–Kier alpha value is -2.07. The Morgan fingerprint density at radius 3 is 2.83 bits per heavy atom. The van der Waals surface area contributed by atoms with E-state index in [0.717, 1.165) is 25.4 Å². The lowest BCUT2D eigenvalue weighted by Crippen LogP contribution is -2.44. The first kappa shape index (κ1) is 14.5. The number of hydrogen-bond acceptors (Lipinski definition) is 4. The minimum atomic E-state index is 0.555. The molecule has 0 spiro atoms. The van der Waals surface area contributed by atoms with Crippen molar-refractivity contribution in [2.45, 2.75) is 18.4 Å². The fraction of sp³-hybridized carbons (Fsp3) is 0.421. The van der Waals surface area contributed by atoms with Crippen LogP contribution in [0.2, 0.25) is 0 Å². The van der Waals surface area contributed by atoms with Crippen molar-refractivity contribution in [1.82, 2.24) is 10.3 Å². The van der Waals surface area contributed by atoms with Gasteiger partial charge in [-0.25, -0.2) is 0 Å². The Balaban J connectivity index is 1.64. The summed E-state index contributed by atoms with van der Waals surface area (Å²) in [7, 11) is 1.72. The maximum absolute atomic E-state index is 5.30. The number of aromatic nitrogens is 1. The molecule has 3 heterocycles. The van der Waals surface area contributed by atoms with Crippen molar-refractivity contribution in [2.75, 3.05) is 31.6 Å². The van der Waals surface area contributed by atoms with Crippen LogP contribution in [0.1, 0.15) is 17.9 Å². The van der Waals surface area contributed by atoms with E-state index in [9.17, 15) is 0 Å². The second-order valence-corrected chi connectivity index (χ2v) is 6.47. The van der Waals surface area contributed by atoms with Crippen LogP contribution in [0.5, 0.6) is 5.75 Å². The molecule has 1 aromatic heterocycles. The number of anilines is 1. The van der Waals surface area contributed by atoms with E-state index in [2.05, 4.69) is 45.5 Å². The summed E-state index contributed by atoms with van der Waals surface area (Å²) >= 11 is 0. The predicted molar refractivity (Wildman–Crippen MR) is 92.1 cm³/mol. The number of fused-ring (bicyclic) bond motifs is 1. The van der Waals surface area contributed by atoms with Crippen molar-refractivity contribution in [2.24, 2.45) is 5.92 Å². The number of piperidine rings is 1. The summed E-state index contributed by atoms with van der Waals surface area (Å²) in [6.45, 7) is 3.26. The van der Waals surface area contributed by atoms with Gasteiger partial charge in [0.05, 0.1) is 19.0 Å². The van der Waals surface area contributed by atoms with Crippen molar-refractivity contribution in [1.29, 1.82) is 0 Å². The molecule has 0 aliphatic carbocycles. The Kier molecular flexibility index (Phi) is 3.92. The van der Waals surface area contributed by atoms with E-state index in [-0.39, 0.29) is 0 Å². The van der Waals surface area contributed by atoms with Crippen LogP contribution in [0.25, 0.3) is 0 Å². The number of rotatable bonds is 3. The third kappa shape index (κ3) is 2.68. The van der Waals surface area contributed by atoms with Gasteiger partial charge in [0.15, 0.2) is 0 Å². The first-order valence-electron chi connectivity index (χ1n) is 8.38. The highest BCUT2D eigenvalue weighted by Gasteiger charge is 2.43. The van der Waals surface area contributed by atoms with Crippen LogP contribution in [0, 0.1) is 5.92 Å². The van der Waals surface area contributed by atoms with Crippen molar-refractivity contribution < 1.29 is 4.74 Å². The van der Waals surface area contributed by atoms with Gasteiger partial charge in [-0.2, -0.15) is 0 Å². The van der Waals surface area contributed by atoms with Gasteiger partial charge in [-0.1, -0.05) is 12.1 Å². The molecule has 1 N–H and O–H groups in total. The van der Waals surface area contributed by atoms with Gasteiger partial charge in [0.1, 0.15) is 5.75 Å². The smallest absolute Gasteiger partial charge is 0.118 e. The van der Waals surface area contributed by atoms with Gasteiger partial charge in [-0.3, -0.25) is 4.98 Å². The first-order chi connectivity index (χ1) is 11.4. The second kappa shape index (κ2) is 6.20. The fourth-order valence-corrected chi connectivity index (χ4v) is 4.17. The highest BCUT2D eigenvalue weighted by molar-refractivity contribution is 5.49. The standard InChI is InChI=1S/C19H23N3O/c1-23-16-6-4-14(5-7-16)18-13-22(15-3-2-9-20-11-15)19-8-10-21-12-17(18)19/h2-7,9,11,17-19,21H,8,10,12-13H2,1H3/t17-,18-,19-/m1/s1. The van der Waals surface area contributed by atoms with Crippen molar-refractivity contribution in [3.63, 3.8) is 0 Å². The summed E-state index contributed by atoms with van der Waals surface area (Å²) in [6.07, 6.45) is 5.04. The molecular formula is C19H23N3O. The number of ether oxygens (including phenoxy) is 1. The summed E-state index contributed by atoms with van der Waals surface area (Å²) < 4.78 is 5.30. The molecule has 1 aromatic carbocycles. The average molecular weight is 309 g/mol. The lowest BCUT2D eigenvalue weighted by molar-refractivity contribution is 0.338. The number of benzene rings is 1. The molecule has 4 heteroatoms. The Morgan fingerprint density at radius 2 is 2.09 bits per heavy atom.